The molecule has 354 valence electrons. The molecule has 0 aliphatic carbocycles. The maximum atomic E-state index is 12.7. The summed E-state index contributed by atoms with van der Waals surface area (Å²) in [6.07, 6.45) is 50.2. The van der Waals surface area contributed by atoms with E-state index >= 15 is 0 Å². The molecule has 4 N–H and O–H groups in total. The van der Waals surface area contributed by atoms with Gasteiger partial charge in [-0.25, -0.2) is 4.57 Å². The number of carboxylic acids is 1. The lowest BCUT2D eigenvalue weighted by atomic mass is 10.1. The average Bonchev–Trinajstić information content (AvgIpc) is 3.24. The number of carboxylic acid groups (broad SMARTS) is 1. The molecule has 0 aromatic heterocycles. The van der Waals surface area contributed by atoms with E-state index in [0.29, 0.717) is 12.8 Å². The molecule has 11 nitrogen and oxygen atoms in total. The number of unbranched alkanes of at least 4 members (excludes halogenated alkanes) is 23. The average molecular weight is 882 g/mol. The van der Waals surface area contributed by atoms with Crippen LogP contribution >= 0.6 is 7.82 Å². The fraction of sp³-hybridized carbons (Fsp3) is 0.776. The van der Waals surface area contributed by atoms with Crippen LogP contribution in [0.2, 0.25) is 0 Å². The minimum atomic E-state index is -4.73. The molecule has 0 spiro atoms. The second-order valence-corrected chi connectivity index (χ2v) is 17.7. The van der Waals surface area contributed by atoms with E-state index < -0.39 is 51.1 Å². The predicted molar refractivity (Wildman–Crippen MR) is 249 cm³/mol. The van der Waals surface area contributed by atoms with Gasteiger partial charge in [-0.3, -0.25) is 23.4 Å². The van der Waals surface area contributed by atoms with Crippen molar-refractivity contribution in [2.75, 3.05) is 19.8 Å². The van der Waals surface area contributed by atoms with Crippen molar-refractivity contribution in [1.29, 1.82) is 0 Å². The van der Waals surface area contributed by atoms with Crippen molar-refractivity contribution < 1.29 is 47.5 Å². The highest BCUT2D eigenvalue weighted by Crippen LogP contribution is 2.43. The lowest BCUT2D eigenvalue weighted by Gasteiger charge is -2.20. The summed E-state index contributed by atoms with van der Waals surface area (Å²) < 4.78 is 32.8. The number of esters is 2. The topological polar surface area (TPSA) is 172 Å². The van der Waals surface area contributed by atoms with E-state index in [1.807, 2.05) is 0 Å². The number of allylic oxidation sites excluding steroid dienone is 8. The van der Waals surface area contributed by atoms with Crippen molar-refractivity contribution in [1.82, 2.24) is 0 Å². The summed E-state index contributed by atoms with van der Waals surface area (Å²) in [5.74, 6) is -2.40. The van der Waals surface area contributed by atoms with Crippen molar-refractivity contribution in [2.45, 2.75) is 225 Å². The normalized spacial score (nSPS) is 14.0. The Bertz CT molecular complexity index is 1220. The summed E-state index contributed by atoms with van der Waals surface area (Å²) in [5, 5.41) is 8.91. The molecular weight excluding hydrogens is 794 g/mol. The van der Waals surface area contributed by atoms with Crippen LogP contribution in [-0.4, -0.2) is 59.9 Å². The Morgan fingerprint density at radius 3 is 1.34 bits per heavy atom. The van der Waals surface area contributed by atoms with E-state index in [9.17, 15) is 23.8 Å². The van der Waals surface area contributed by atoms with Gasteiger partial charge in [0.1, 0.15) is 12.6 Å². The van der Waals surface area contributed by atoms with Crippen LogP contribution in [0.5, 0.6) is 0 Å². The smallest absolute Gasteiger partial charge is 0.472 e. The number of phosphoric ester groups is 1. The summed E-state index contributed by atoms with van der Waals surface area (Å²) in [4.78, 5) is 46.1. The van der Waals surface area contributed by atoms with Crippen LogP contribution in [0, 0.1) is 0 Å². The van der Waals surface area contributed by atoms with Gasteiger partial charge >= 0.3 is 25.7 Å². The third-order valence-corrected chi connectivity index (χ3v) is 11.3. The summed E-state index contributed by atoms with van der Waals surface area (Å²) in [6, 6.07) is -1.53. The Hall–Kier alpha value is -2.56. The highest BCUT2D eigenvalue weighted by Gasteiger charge is 2.28. The second kappa shape index (κ2) is 44.1. The molecule has 61 heavy (non-hydrogen) atoms. The molecule has 0 radical (unpaired) electrons. The predicted octanol–water partition coefficient (Wildman–Crippen LogP) is 13.3. The maximum Gasteiger partial charge on any atom is 0.472 e. The number of carbonyl (C=O) groups is 3. The number of nitrogens with two attached hydrogens (primary N) is 1. The Balaban J connectivity index is 4.33. The molecule has 0 fully saturated rings. The summed E-state index contributed by atoms with van der Waals surface area (Å²) in [6.45, 7) is 2.77. The van der Waals surface area contributed by atoms with Gasteiger partial charge in [0, 0.05) is 12.8 Å². The molecule has 0 bridgehead atoms. The van der Waals surface area contributed by atoms with Crippen molar-refractivity contribution in [3.05, 3.63) is 48.6 Å². The molecule has 0 aliphatic heterocycles. The van der Waals surface area contributed by atoms with Gasteiger partial charge in [-0.15, -0.1) is 0 Å². The Morgan fingerprint density at radius 2 is 0.869 bits per heavy atom. The van der Waals surface area contributed by atoms with Gasteiger partial charge in [0.05, 0.1) is 13.2 Å². The number of carbonyl (C=O) groups excluding carboxylic acids is 2. The van der Waals surface area contributed by atoms with Gasteiger partial charge in [-0.1, -0.05) is 172 Å². The largest absolute Gasteiger partial charge is 0.480 e. The molecule has 0 aromatic carbocycles. The van der Waals surface area contributed by atoms with Crippen molar-refractivity contribution in [2.24, 2.45) is 5.73 Å². The third-order valence-electron chi connectivity index (χ3n) is 10.3. The molecule has 0 aromatic rings. The minimum Gasteiger partial charge on any atom is -0.480 e. The van der Waals surface area contributed by atoms with Crippen LogP contribution in [0.1, 0.15) is 213 Å². The van der Waals surface area contributed by atoms with Gasteiger partial charge in [0.15, 0.2) is 6.10 Å². The molecule has 12 heteroatoms. The van der Waals surface area contributed by atoms with E-state index in [2.05, 4.69) is 67.0 Å². The van der Waals surface area contributed by atoms with E-state index in [0.717, 1.165) is 77.0 Å². The Morgan fingerprint density at radius 1 is 0.508 bits per heavy atom. The second-order valence-electron chi connectivity index (χ2n) is 16.2. The maximum absolute atomic E-state index is 12.7. The first-order valence-corrected chi connectivity index (χ1v) is 25.7. The molecule has 0 aliphatic rings. The monoisotopic (exact) mass is 882 g/mol. The van der Waals surface area contributed by atoms with Gasteiger partial charge in [0.25, 0.3) is 0 Å². The lowest BCUT2D eigenvalue weighted by Crippen LogP contribution is -2.34. The SMILES string of the molecule is CCCCC/C=C\C/C=C\C/C=C\CCCCCCCCC(=O)OC(COC(=O)CCCCCCCCC/C=C\CCCCCCCCC)COP(=O)(O)OCC(N)C(=O)O. The fourth-order valence-corrected chi connectivity index (χ4v) is 7.26. The van der Waals surface area contributed by atoms with Crippen molar-refractivity contribution in [3.8, 4) is 0 Å². The fourth-order valence-electron chi connectivity index (χ4n) is 6.48. The summed E-state index contributed by atoms with van der Waals surface area (Å²) in [7, 11) is -4.73. The van der Waals surface area contributed by atoms with Crippen molar-refractivity contribution >= 4 is 25.7 Å². The van der Waals surface area contributed by atoms with E-state index in [4.69, 9.17) is 24.8 Å². The molecule has 0 amide bonds. The first-order valence-electron chi connectivity index (χ1n) is 24.2. The zero-order valence-corrected chi connectivity index (χ0v) is 39.4. The van der Waals surface area contributed by atoms with Crippen LogP contribution < -0.4 is 5.73 Å². The van der Waals surface area contributed by atoms with Gasteiger partial charge in [-0.05, 0) is 77.0 Å². The van der Waals surface area contributed by atoms with E-state index in [1.54, 1.807) is 0 Å². The minimum absolute atomic E-state index is 0.145. The summed E-state index contributed by atoms with van der Waals surface area (Å²) in [5.41, 5.74) is 5.34. The molecule has 0 rings (SSSR count). The standard InChI is InChI=1S/C49H88NO10P/c1-3-5-7-9-11-13-15-17-19-21-23-25-27-29-31-33-35-37-39-41-48(52)60-45(43-58-61(55,56)59-44-46(50)49(53)54)42-57-47(51)40-38-36-34-32-30-28-26-24-22-20-18-16-14-12-10-8-6-4-2/h11,13,17,19-20,22-23,25,45-46H,3-10,12,14-16,18,21,24,26-44,50H2,1-2H3,(H,53,54)(H,55,56)/b13-11-,19-17-,22-20-,25-23-. The first-order chi connectivity index (χ1) is 29.6. The van der Waals surface area contributed by atoms with Crippen LogP contribution in [-0.2, 0) is 37.5 Å². The molecule has 0 saturated heterocycles. The Labute approximate surface area is 371 Å². The first kappa shape index (κ1) is 58.4. The zero-order chi connectivity index (χ0) is 44.9. The highest BCUT2D eigenvalue weighted by atomic mass is 31.2. The Kier molecular flexibility index (Phi) is 42.2. The quantitative estimate of drug-likeness (QED) is 0.0230. The molecule has 0 heterocycles. The molecular formula is C49H88NO10P. The van der Waals surface area contributed by atoms with Crippen LogP contribution in [0.25, 0.3) is 0 Å². The molecule has 0 saturated carbocycles. The number of ether oxygens (including phenoxy) is 2. The number of aliphatic carboxylic acids is 1. The van der Waals surface area contributed by atoms with Gasteiger partial charge < -0.3 is 25.2 Å². The number of hydrogen-bond donors (Lipinski definition) is 3. The van der Waals surface area contributed by atoms with Gasteiger partial charge in [0.2, 0.25) is 0 Å². The molecule has 3 unspecified atom stereocenters. The zero-order valence-electron chi connectivity index (χ0n) is 38.5. The van der Waals surface area contributed by atoms with Crippen LogP contribution in [0.4, 0.5) is 0 Å². The number of rotatable bonds is 45. The van der Waals surface area contributed by atoms with Crippen LogP contribution in [0.15, 0.2) is 48.6 Å². The summed E-state index contributed by atoms with van der Waals surface area (Å²) >= 11 is 0. The number of hydrogen-bond acceptors (Lipinski definition) is 9. The highest BCUT2D eigenvalue weighted by molar-refractivity contribution is 7.47. The van der Waals surface area contributed by atoms with E-state index in [-0.39, 0.29) is 19.4 Å². The van der Waals surface area contributed by atoms with Crippen molar-refractivity contribution in [3.63, 3.8) is 0 Å². The number of phosphoric acid groups is 1. The van der Waals surface area contributed by atoms with E-state index in [1.165, 1.54) is 96.3 Å². The van der Waals surface area contributed by atoms with Gasteiger partial charge in [-0.2, -0.15) is 0 Å². The molecule has 3 atom stereocenters. The third kappa shape index (κ3) is 43.9. The van der Waals surface area contributed by atoms with Crippen LogP contribution in [0.3, 0.4) is 0 Å². The lowest BCUT2D eigenvalue weighted by molar-refractivity contribution is -0.161.